The van der Waals surface area contributed by atoms with Crippen molar-refractivity contribution in [3.05, 3.63) is 65.2 Å². The normalized spacial score (nSPS) is 17.5. The molecule has 1 unspecified atom stereocenters. The predicted molar refractivity (Wildman–Crippen MR) is 128 cm³/mol. The first-order valence-corrected chi connectivity index (χ1v) is 11.1. The Morgan fingerprint density at radius 3 is 2.41 bits per heavy atom. The Bertz CT molecular complexity index is 1120. The number of nitrogens with zero attached hydrogens (tertiary/aromatic N) is 2. The highest BCUT2D eigenvalue weighted by molar-refractivity contribution is 6.46. The van der Waals surface area contributed by atoms with Crippen LogP contribution in [0.5, 0.6) is 11.5 Å². The number of ether oxygens (including phenoxy) is 2. The molecule has 1 atom stereocenters. The van der Waals surface area contributed by atoms with E-state index in [4.69, 9.17) is 9.47 Å². The number of hydrogen-bond acceptors (Lipinski definition) is 7. The second-order valence-electron chi connectivity index (χ2n) is 8.66. The summed E-state index contributed by atoms with van der Waals surface area (Å²) in [5, 5.41) is 11.2. The van der Waals surface area contributed by atoms with E-state index in [1.807, 2.05) is 32.8 Å². The van der Waals surface area contributed by atoms with E-state index in [-0.39, 0.29) is 29.7 Å². The van der Waals surface area contributed by atoms with Crippen molar-refractivity contribution in [1.29, 1.82) is 0 Å². The number of amides is 1. The van der Waals surface area contributed by atoms with Gasteiger partial charge in [-0.25, -0.2) is 0 Å². The molecular weight excluding hydrogens is 436 g/mol. The molecular formula is C26H30N2O6. The van der Waals surface area contributed by atoms with Gasteiger partial charge in [0.25, 0.3) is 11.7 Å². The summed E-state index contributed by atoms with van der Waals surface area (Å²) >= 11 is 0. The third-order valence-electron chi connectivity index (χ3n) is 5.24. The van der Waals surface area contributed by atoms with Crippen LogP contribution in [0.15, 0.2) is 54.1 Å². The molecule has 1 N–H and O–H groups in total. The van der Waals surface area contributed by atoms with Gasteiger partial charge in [-0.15, -0.1) is 0 Å². The van der Waals surface area contributed by atoms with E-state index in [0.717, 1.165) is 0 Å². The summed E-state index contributed by atoms with van der Waals surface area (Å²) in [6.07, 6.45) is -0.0713. The number of hydrogen-bond donors (Lipinski definition) is 1. The SMILES string of the molecule is CC(=O)Oc1cccc(C2/C(=C(/O)c3cccc(OC(C)C)c3)C(=O)C(=O)N2CCN(C)C)c1. The standard InChI is InChI=1S/C26H30N2O6/c1-16(2)33-20-10-7-9-19(15-20)24(30)22-23(18-8-6-11-21(14-18)34-17(3)29)28(13-12-27(4)5)26(32)25(22)31/h6-11,14-16,23,30H,12-13H2,1-5H3/b24-22-. The fourth-order valence-electron chi connectivity index (χ4n) is 3.82. The van der Waals surface area contributed by atoms with Gasteiger partial charge >= 0.3 is 5.97 Å². The molecule has 1 fully saturated rings. The average Bonchev–Trinajstić information content (AvgIpc) is 3.01. The average molecular weight is 467 g/mol. The first-order valence-electron chi connectivity index (χ1n) is 11.1. The van der Waals surface area contributed by atoms with Gasteiger partial charge in [0.1, 0.15) is 17.3 Å². The fraction of sp³-hybridized carbons (Fsp3) is 0.346. The number of carbonyl (C=O) groups is 3. The number of Topliss-reactive ketones (excluding diaryl/α,β-unsaturated/α-hetero) is 1. The number of likely N-dealkylation sites (N-methyl/N-ethyl adjacent to an activating group) is 1. The van der Waals surface area contributed by atoms with Crippen molar-refractivity contribution in [3.8, 4) is 11.5 Å². The second-order valence-corrected chi connectivity index (χ2v) is 8.66. The van der Waals surface area contributed by atoms with Gasteiger partial charge in [-0.1, -0.05) is 24.3 Å². The van der Waals surface area contributed by atoms with Gasteiger partial charge in [0.2, 0.25) is 0 Å². The number of aliphatic hydroxyl groups excluding tert-OH is 1. The Kier molecular flexibility index (Phi) is 7.73. The maximum Gasteiger partial charge on any atom is 0.308 e. The molecule has 0 spiro atoms. The lowest BCUT2D eigenvalue weighted by molar-refractivity contribution is -0.140. The van der Waals surface area contributed by atoms with Gasteiger partial charge in [-0.3, -0.25) is 14.4 Å². The number of likely N-dealkylation sites (tertiary alicyclic amines) is 1. The highest BCUT2D eigenvalue weighted by Gasteiger charge is 2.46. The van der Waals surface area contributed by atoms with Crippen molar-refractivity contribution < 1.29 is 29.0 Å². The zero-order valence-corrected chi connectivity index (χ0v) is 20.1. The van der Waals surface area contributed by atoms with Gasteiger partial charge in [0.05, 0.1) is 17.7 Å². The highest BCUT2D eigenvalue weighted by Crippen LogP contribution is 2.40. The summed E-state index contributed by atoms with van der Waals surface area (Å²) in [6.45, 7) is 5.86. The summed E-state index contributed by atoms with van der Waals surface area (Å²) in [5.41, 5.74) is 0.892. The molecule has 0 radical (unpaired) electrons. The number of aliphatic hydroxyl groups is 1. The number of rotatable bonds is 8. The summed E-state index contributed by atoms with van der Waals surface area (Å²) < 4.78 is 10.9. The van der Waals surface area contributed by atoms with Crippen LogP contribution in [0.2, 0.25) is 0 Å². The number of benzene rings is 2. The van der Waals surface area contributed by atoms with Crippen LogP contribution in [0.1, 0.15) is 37.9 Å². The number of carbonyl (C=O) groups excluding carboxylic acids is 3. The van der Waals surface area contributed by atoms with Crippen LogP contribution in [0.4, 0.5) is 0 Å². The van der Waals surface area contributed by atoms with Gasteiger partial charge < -0.3 is 24.4 Å². The Hall–Kier alpha value is -3.65. The lowest BCUT2D eigenvalue weighted by atomic mass is 9.95. The van der Waals surface area contributed by atoms with E-state index >= 15 is 0 Å². The van der Waals surface area contributed by atoms with Crippen molar-refractivity contribution in [2.24, 2.45) is 0 Å². The van der Waals surface area contributed by atoms with Gasteiger partial charge in [-0.05, 0) is 57.8 Å². The van der Waals surface area contributed by atoms with Crippen molar-refractivity contribution in [1.82, 2.24) is 9.80 Å². The molecule has 0 saturated carbocycles. The molecule has 1 heterocycles. The Labute approximate surface area is 199 Å². The molecule has 1 aliphatic heterocycles. The maximum atomic E-state index is 13.1. The van der Waals surface area contributed by atoms with Crippen LogP contribution in [0.25, 0.3) is 5.76 Å². The first kappa shape index (κ1) is 25.0. The lowest BCUT2D eigenvalue weighted by Crippen LogP contribution is -2.35. The van der Waals surface area contributed by atoms with E-state index in [0.29, 0.717) is 23.4 Å². The van der Waals surface area contributed by atoms with E-state index in [1.54, 1.807) is 48.5 Å². The largest absolute Gasteiger partial charge is 0.507 e. The molecule has 2 aromatic carbocycles. The molecule has 34 heavy (non-hydrogen) atoms. The third-order valence-corrected chi connectivity index (χ3v) is 5.24. The van der Waals surface area contributed by atoms with Gasteiger partial charge in [0.15, 0.2) is 0 Å². The first-order chi connectivity index (χ1) is 16.1. The molecule has 3 rings (SSSR count). The fourth-order valence-corrected chi connectivity index (χ4v) is 3.82. The summed E-state index contributed by atoms with van der Waals surface area (Å²) in [7, 11) is 3.74. The van der Waals surface area contributed by atoms with E-state index in [1.165, 1.54) is 11.8 Å². The summed E-state index contributed by atoms with van der Waals surface area (Å²) in [4.78, 5) is 41.0. The molecule has 1 aliphatic rings. The molecule has 1 amide bonds. The molecule has 8 nitrogen and oxygen atoms in total. The minimum atomic E-state index is -0.842. The zero-order chi connectivity index (χ0) is 25.0. The zero-order valence-electron chi connectivity index (χ0n) is 20.1. The van der Waals surface area contributed by atoms with E-state index < -0.39 is 23.7 Å². The Morgan fingerprint density at radius 1 is 1.09 bits per heavy atom. The molecule has 180 valence electrons. The van der Waals surface area contributed by atoms with Gasteiger partial charge in [0, 0.05) is 25.6 Å². The van der Waals surface area contributed by atoms with Crippen LogP contribution in [0.3, 0.4) is 0 Å². The van der Waals surface area contributed by atoms with Crippen molar-refractivity contribution in [2.75, 3.05) is 27.2 Å². The number of esters is 1. The smallest absolute Gasteiger partial charge is 0.308 e. The van der Waals surface area contributed by atoms with Crippen LogP contribution in [0, 0.1) is 0 Å². The minimum Gasteiger partial charge on any atom is -0.507 e. The lowest BCUT2D eigenvalue weighted by Gasteiger charge is -2.26. The molecule has 1 saturated heterocycles. The maximum absolute atomic E-state index is 13.1. The molecule has 0 bridgehead atoms. The van der Waals surface area contributed by atoms with E-state index in [2.05, 4.69) is 0 Å². The number of ketones is 1. The predicted octanol–water partition coefficient (Wildman–Crippen LogP) is 3.38. The Morgan fingerprint density at radius 2 is 1.76 bits per heavy atom. The van der Waals surface area contributed by atoms with Crippen LogP contribution in [-0.4, -0.2) is 65.9 Å². The minimum absolute atomic E-state index is 0.0228. The topological polar surface area (TPSA) is 96.4 Å². The van der Waals surface area contributed by atoms with Crippen LogP contribution >= 0.6 is 0 Å². The monoisotopic (exact) mass is 466 g/mol. The van der Waals surface area contributed by atoms with Gasteiger partial charge in [-0.2, -0.15) is 0 Å². The van der Waals surface area contributed by atoms with Crippen molar-refractivity contribution >= 4 is 23.4 Å². The highest BCUT2D eigenvalue weighted by atomic mass is 16.5. The van der Waals surface area contributed by atoms with Crippen LogP contribution < -0.4 is 9.47 Å². The molecule has 8 heteroatoms. The van der Waals surface area contributed by atoms with Crippen molar-refractivity contribution in [2.45, 2.75) is 32.9 Å². The molecule has 2 aromatic rings. The summed E-state index contributed by atoms with van der Waals surface area (Å²) in [5.74, 6) is -1.41. The van der Waals surface area contributed by atoms with Crippen molar-refractivity contribution in [3.63, 3.8) is 0 Å². The second kappa shape index (κ2) is 10.5. The third kappa shape index (κ3) is 5.63. The quantitative estimate of drug-likeness (QED) is 0.209. The Balaban J connectivity index is 2.14. The molecule has 0 aromatic heterocycles. The van der Waals surface area contributed by atoms with Crippen LogP contribution in [-0.2, 0) is 14.4 Å². The molecule has 0 aliphatic carbocycles. The summed E-state index contributed by atoms with van der Waals surface area (Å²) in [6, 6.07) is 12.5. The van der Waals surface area contributed by atoms with E-state index in [9.17, 15) is 19.5 Å².